The Labute approximate surface area is 169 Å². The number of rotatable bonds is 7. The van der Waals surface area contributed by atoms with E-state index in [1.807, 2.05) is 0 Å². The number of nitrogens with one attached hydrogen (secondary N) is 1. The first-order valence-corrected chi connectivity index (χ1v) is 10.7. The summed E-state index contributed by atoms with van der Waals surface area (Å²) in [6.07, 6.45) is 5.13. The first kappa shape index (κ1) is 20.6. The van der Waals surface area contributed by atoms with Crippen LogP contribution in [0.15, 0.2) is 42.1 Å². The number of hydrogen-bond acceptors (Lipinski definition) is 4. The number of aromatic nitrogens is 3. The standard InChI is InChI=1S/C21H27FN4OS/c1-4-12-26-20(16-9-5-6-10-17(16)22)24-25-21(26)28-13-19(27)23-18-11-7-8-14(2)15(18)3/h4-6,9-10,14-15,18H,1,7-8,11-13H2,2-3H3,(H,23,27)/t14-,15-,18-/m1/s1. The molecule has 1 aliphatic carbocycles. The molecule has 3 atom stereocenters. The van der Waals surface area contributed by atoms with E-state index in [1.54, 1.807) is 28.8 Å². The summed E-state index contributed by atoms with van der Waals surface area (Å²) >= 11 is 1.31. The highest BCUT2D eigenvalue weighted by atomic mass is 32.2. The zero-order valence-corrected chi connectivity index (χ0v) is 17.2. The van der Waals surface area contributed by atoms with E-state index in [2.05, 4.69) is 35.9 Å². The summed E-state index contributed by atoms with van der Waals surface area (Å²) in [6, 6.07) is 6.70. The van der Waals surface area contributed by atoms with Gasteiger partial charge in [0.05, 0.1) is 11.3 Å². The molecule has 1 heterocycles. The molecule has 0 spiro atoms. The van der Waals surface area contributed by atoms with Crippen LogP contribution in [0.5, 0.6) is 0 Å². The Hall–Kier alpha value is -2.15. The zero-order chi connectivity index (χ0) is 20.1. The van der Waals surface area contributed by atoms with Crippen molar-refractivity contribution in [2.24, 2.45) is 11.8 Å². The number of benzene rings is 1. The molecule has 150 valence electrons. The predicted molar refractivity (Wildman–Crippen MR) is 110 cm³/mol. The Balaban J connectivity index is 1.68. The van der Waals surface area contributed by atoms with Crippen molar-refractivity contribution in [1.29, 1.82) is 0 Å². The summed E-state index contributed by atoms with van der Waals surface area (Å²) in [7, 11) is 0. The van der Waals surface area contributed by atoms with Gasteiger partial charge in [0.1, 0.15) is 5.82 Å². The van der Waals surface area contributed by atoms with E-state index in [0.29, 0.717) is 34.9 Å². The summed E-state index contributed by atoms with van der Waals surface area (Å²) in [4.78, 5) is 12.5. The Morgan fingerprint density at radius 3 is 2.89 bits per heavy atom. The van der Waals surface area contributed by atoms with Gasteiger partial charge >= 0.3 is 0 Å². The molecule has 0 saturated heterocycles. The SMILES string of the molecule is C=CCn1c(SCC(=O)N[C@@H]2CCC[C@@H](C)[C@H]2C)nnc1-c1ccccc1F. The Bertz CT molecular complexity index is 838. The van der Waals surface area contributed by atoms with Gasteiger partial charge in [-0.1, -0.05) is 56.7 Å². The van der Waals surface area contributed by atoms with Gasteiger partial charge < -0.3 is 5.32 Å². The fourth-order valence-electron chi connectivity index (χ4n) is 3.70. The minimum atomic E-state index is -0.352. The molecule has 0 unspecified atom stereocenters. The molecule has 1 saturated carbocycles. The van der Waals surface area contributed by atoms with Crippen molar-refractivity contribution in [3.8, 4) is 11.4 Å². The van der Waals surface area contributed by atoms with E-state index >= 15 is 0 Å². The average Bonchev–Trinajstić information content (AvgIpc) is 3.07. The molecule has 1 aromatic heterocycles. The van der Waals surface area contributed by atoms with Crippen LogP contribution in [0.4, 0.5) is 4.39 Å². The van der Waals surface area contributed by atoms with Crippen LogP contribution in [0.3, 0.4) is 0 Å². The molecule has 1 aromatic carbocycles. The highest BCUT2D eigenvalue weighted by molar-refractivity contribution is 7.99. The lowest BCUT2D eigenvalue weighted by Gasteiger charge is -2.34. The van der Waals surface area contributed by atoms with Gasteiger partial charge in [-0.15, -0.1) is 16.8 Å². The van der Waals surface area contributed by atoms with Crippen LogP contribution >= 0.6 is 11.8 Å². The molecular weight excluding hydrogens is 375 g/mol. The molecule has 7 heteroatoms. The van der Waals surface area contributed by atoms with Gasteiger partial charge in [-0.3, -0.25) is 9.36 Å². The second-order valence-corrected chi connectivity index (χ2v) is 8.36. The van der Waals surface area contributed by atoms with Gasteiger partial charge in [-0.2, -0.15) is 0 Å². The van der Waals surface area contributed by atoms with Gasteiger partial charge in [-0.25, -0.2) is 4.39 Å². The van der Waals surface area contributed by atoms with E-state index in [4.69, 9.17) is 0 Å². The van der Waals surface area contributed by atoms with Gasteiger partial charge in [0, 0.05) is 12.6 Å². The summed E-state index contributed by atoms with van der Waals surface area (Å²) in [5, 5.41) is 12.1. The normalized spacial score (nSPS) is 22.0. The number of carbonyl (C=O) groups is 1. The first-order valence-electron chi connectivity index (χ1n) is 9.72. The second-order valence-electron chi connectivity index (χ2n) is 7.42. The third-order valence-corrected chi connectivity index (χ3v) is 6.50. The van der Waals surface area contributed by atoms with E-state index < -0.39 is 0 Å². The highest BCUT2D eigenvalue weighted by Gasteiger charge is 2.28. The van der Waals surface area contributed by atoms with Crippen molar-refractivity contribution in [2.45, 2.75) is 50.9 Å². The average molecular weight is 403 g/mol. The predicted octanol–water partition coefficient (Wildman–Crippen LogP) is 4.30. The number of nitrogens with zero attached hydrogens (tertiary/aromatic N) is 3. The minimum Gasteiger partial charge on any atom is -0.352 e. The molecule has 1 amide bonds. The molecule has 1 N–H and O–H groups in total. The van der Waals surface area contributed by atoms with Crippen LogP contribution < -0.4 is 5.32 Å². The summed E-state index contributed by atoms with van der Waals surface area (Å²) in [5.41, 5.74) is 0.387. The van der Waals surface area contributed by atoms with Crippen molar-refractivity contribution in [3.05, 3.63) is 42.7 Å². The lowest BCUT2D eigenvalue weighted by atomic mass is 9.78. The van der Waals surface area contributed by atoms with E-state index in [1.165, 1.54) is 24.2 Å². The molecular formula is C21H27FN4OS. The smallest absolute Gasteiger partial charge is 0.230 e. The zero-order valence-electron chi connectivity index (χ0n) is 16.4. The lowest BCUT2D eigenvalue weighted by Crippen LogP contribution is -2.44. The summed E-state index contributed by atoms with van der Waals surface area (Å²) in [5.74, 6) is 1.46. The van der Waals surface area contributed by atoms with Crippen LogP contribution in [0.25, 0.3) is 11.4 Å². The molecule has 28 heavy (non-hydrogen) atoms. The number of amides is 1. The van der Waals surface area contributed by atoms with Crippen molar-refractivity contribution in [2.75, 3.05) is 5.75 Å². The molecule has 1 aliphatic rings. The number of carbonyl (C=O) groups excluding carboxylic acids is 1. The number of thioether (sulfide) groups is 1. The topological polar surface area (TPSA) is 59.8 Å². The molecule has 0 bridgehead atoms. The fraction of sp³-hybridized carbons (Fsp3) is 0.476. The highest BCUT2D eigenvalue weighted by Crippen LogP contribution is 2.30. The van der Waals surface area contributed by atoms with Gasteiger partial charge in [0.15, 0.2) is 11.0 Å². The molecule has 2 aromatic rings. The molecule has 0 aliphatic heterocycles. The molecule has 1 fully saturated rings. The van der Waals surface area contributed by atoms with Crippen LogP contribution in [-0.2, 0) is 11.3 Å². The number of allylic oxidation sites excluding steroid dienone is 1. The summed E-state index contributed by atoms with van der Waals surface area (Å²) in [6.45, 7) is 8.67. The molecule has 3 rings (SSSR count). The van der Waals surface area contributed by atoms with Gasteiger partial charge in [0.2, 0.25) is 5.91 Å². The second kappa shape index (κ2) is 9.37. The van der Waals surface area contributed by atoms with E-state index in [-0.39, 0.29) is 23.5 Å². The van der Waals surface area contributed by atoms with Crippen molar-refractivity contribution in [3.63, 3.8) is 0 Å². The maximum absolute atomic E-state index is 14.2. The van der Waals surface area contributed by atoms with Crippen LogP contribution in [0, 0.1) is 17.7 Å². The fourth-order valence-corrected chi connectivity index (χ4v) is 4.45. The lowest BCUT2D eigenvalue weighted by molar-refractivity contribution is -0.120. The first-order chi connectivity index (χ1) is 13.5. The van der Waals surface area contributed by atoms with E-state index in [0.717, 1.165) is 12.8 Å². The molecule has 5 nitrogen and oxygen atoms in total. The minimum absolute atomic E-state index is 0.00320. The maximum atomic E-state index is 14.2. The van der Waals surface area contributed by atoms with Crippen LogP contribution in [-0.4, -0.2) is 32.5 Å². The van der Waals surface area contributed by atoms with E-state index in [9.17, 15) is 9.18 Å². The number of hydrogen-bond donors (Lipinski definition) is 1. The monoisotopic (exact) mass is 402 g/mol. The third-order valence-electron chi connectivity index (χ3n) is 5.53. The van der Waals surface area contributed by atoms with Crippen molar-refractivity contribution < 1.29 is 9.18 Å². The Morgan fingerprint density at radius 2 is 2.14 bits per heavy atom. The van der Waals surface area contributed by atoms with Gasteiger partial charge in [0.25, 0.3) is 0 Å². The molecule has 0 radical (unpaired) electrons. The van der Waals surface area contributed by atoms with Gasteiger partial charge in [-0.05, 0) is 30.4 Å². The number of halogens is 1. The quantitative estimate of drug-likeness (QED) is 0.554. The maximum Gasteiger partial charge on any atom is 0.230 e. The third kappa shape index (κ3) is 4.63. The Morgan fingerprint density at radius 1 is 1.36 bits per heavy atom. The summed E-state index contributed by atoms with van der Waals surface area (Å²) < 4.78 is 16.0. The Kier molecular flexibility index (Phi) is 6.88. The van der Waals surface area contributed by atoms with Crippen LogP contribution in [0.1, 0.15) is 33.1 Å². The largest absolute Gasteiger partial charge is 0.352 e. The van der Waals surface area contributed by atoms with Crippen molar-refractivity contribution in [1.82, 2.24) is 20.1 Å². The van der Waals surface area contributed by atoms with Crippen LogP contribution in [0.2, 0.25) is 0 Å². The van der Waals surface area contributed by atoms with Crippen molar-refractivity contribution >= 4 is 17.7 Å².